The molecule has 1 amide bonds. The van der Waals surface area contributed by atoms with Crippen LogP contribution in [0, 0.1) is 22.5 Å². The summed E-state index contributed by atoms with van der Waals surface area (Å²) in [6.07, 6.45) is 3.65. The van der Waals surface area contributed by atoms with Crippen LogP contribution in [-0.4, -0.2) is 17.4 Å². The van der Waals surface area contributed by atoms with Crippen molar-refractivity contribution in [3.05, 3.63) is 77.4 Å². The van der Waals surface area contributed by atoms with E-state index < -0.39 is 11.6 Å². The maximum atomic E-state index is 14.4. The lowest BCUT2D eigenvalue weighted by molar-refractivity contribution is -0.141. The number of hydrogen-bond acceptors (Lipinski definition) is 1. The van der Waals surface area contributed by atoms with Gasteiger partial charge in [-0.25, -0.2) is 8.78 Å². The third kappa shape index (κ3) is 3.05. The highest BCUT2D eigenvalue weighted by atomic mass is 19.1. The Morgan fingerprint density at radius 3 is 2.36 bits per heavy atom. The topological polar surface area (TPSA) is 20.3 Å². The van der Waals surface area contributed by atoms with Crippen LogP contribution in [0.1, 0.15) is 50.8 Å². The van der Waals surface area contributed by atoms with E-state index >= 15 is 0 Å². The average Bonchev–Trinajstić information content (AvgIpc) is 3.37. The smallest absolute Gasteiger partial charge is 0.230 e. The Morgan fingerprint density at radius 2 is 1.75 bits per heavy atom. The molecule has 1 atom stereocenters. The second-order valence-corrected chi connectivity index (χ2v) is 8.94. The molecule has 0 bridgehead atoms. The van der Waals surface area contributed by atoms with E-state index in [9.17, 15) is 13.6 Å². The molecule has 4 heteroatoms. The van der Waals surface area contributed by atoms with E-state index in [0.29, 0.717) is 5.57 Å². The Labute approximate surface area is 164 Å². The second-order valence-electron chi connectivity index (χ2n) is 8.94. The van der Waals surface area contributed by atoms with Gasteiger partial charge in [-0.1, -0.05) is 57.2 Å². The SMILES string of the molecule is CC(C)(C)C1(C(=O)N2CC(c3cc(F)ccc3F)=C[C@H]2c2ccccc2)CC1. The van der Waals surface area contributed by atoms with Crippen LogP contribution >= 0.6 is 0 Å². The van der Waals surface area contributed by atoms with E-state index in [1.165, 1.54) is 6.07 Å². The van der Waals surface area contributed by atoms with Gasteiger partial charge in [0.15, 0.2) is 0 Å². The minimum absolute atomic E-state index is 0.108. The van der Waals surface area contributed by atoms with Gasteiger partial charge in [0.2, 0.25) is 5.91 Å². The molecular weight excluding hydrogens is 356 g/mol. The highest BCUT2D eigenvalue weighted by Gasteiger charge is 2.60. The Kier molecular flexibility index (Phi) is 4.40. The molecule has 4 rings (SSSR count). The maximum Gasteiger partial charge on any atom is 0.230 e. The molecule has 0 N–H and O–H groups in total. The van der Waals surface area contributed by atoms with Crippen LogP contribution in [0.5, 0.6) is 0 Å². The van der Waals surface area contributed by atoms with Crippen molar-refractivity contribution in [2.24, 2.45) is 10.8 Å². The van der Waals surface area contributed by atoms with Crippen molar-refractivity contribution in [1.82, 2.24) is 4.90 Å². The second kappa shape index (κ2) is 6.54. The Bertz CT molecular complexity index is 939. The summed E-state index contributed by atoms with van der Waals surface area (Å²) in [5.41, 5.74) is 1.36. The van der Waals surface area contributed by atoms with Crippen molar-refractivity contribution in [2.75, 3.05) is 6.54 Å². The van der Waals surface area contributed by atoms with Crippen molar-refractivity contribution in [1.29, 1.82) is 0 Å². The van der Waals surface area contributed by atoms with Crippen LogP contribution in [0.3, 0.4) is 0 Å². The summed E-state index contributed by atoms with van der Waals surface area (Å²) in [4.78, 5) is 15.5. The van der Waals surface area contributed by atoms with E-state index in [1.54, 1.807) is 0 Å². The lowest BCUT2D eigenvalue weighted by Gasteiger charge is -2.36. The number of benzene rings is 2. The normalized spacial score (nSPS) is 20.8. The van der Waals surface area contributed by atoms with Gasteiger partial charge in [0, 0.05) is 12.1 Å². The molecule has 1 fully saturated rings. The molecule has 1 aliphatic carbocycles. The van der Waals surface area contributed by atoms with Gasteiger partial charge in [-0.2, -0.15) is 0 Å². The first kappa shape index (κ1) is 18.9. The molecule has 146 valence electrons. The predicted octanol–water partition coefficient (Wildman–Crippen LogP) is 5.76. The minimum Gasteiger partial charge on any atom is -0.327 e. The standard InChI is InChI=1S/C24H25F2NO/c1-23(2,3)24(11-12-24)22(28)27-15-17(19-14-18(25)9-10-20(19)26)13-21(27)16-7-5-4-6-8-16/h4-10,13-14,21H,11-12,15H2,1-3H3/t21-/m0/s1. The number of halogens is 2. The minimum atomic E-state index is -0.480. The van der Waals surface area contributed by atoms with E-state index in [4.69, 9.17) is 0 Å². The number of nitrogens with zero attached hydrogens (tertiary/aromatic N) is 1. The van der Waals surface area contributed by atoms with Crippen molar-refractivity contribution in [2.45, 2.75) is 39.7 Å². The number of rotatable bonds is 3. The van der Waals surface area contributed by atoms with Gasteiger partial charge in [-0.05, 0) is 47.6 Å². The highest BCUT2D eigenvalue weighted by Crippen LogP contribution is 2.60. The van der Waals surface area contributed by atoms with Crippen LogP contribution in [0.2, 0.25) is 0 Å². The van der Waals surface area contributed by atoms with Crippen molar-refractivity contribution >= 4 is 11.5 Å². The fourth-order valence-corrected chi connectivity index (χ4v) is 4.34. The Balaban J connectivity index is 1.75. The van der Waals surface area contributed by atoms with Gasteiger partial charge < -0.3 is 4.90 Å². The monoisotopic (exact) mass is 381 g/mol. The lowest BCUT2D eigenvalue weighted by atomic mass is 9.76. The maximum absolute atomic E-state index is 14.4. The van der Waals surface area contributed by atoms with Crippen LogP contribution in [0.25, 0.3) is 5.57 Å². The molecule has 2 aliphatic rings. The Hall–Kier alpha value is -2.49. The van der Waals surface area contributed by atoms with E-state index in [0.717, 1.165) is 30.5 Å². The van der Waals surface area contributed by atoms with Gasteiger partial charge >= 0.3 is 0 Å². The number of carbonyl (C=O) groups is 1. The fraction of sp³-hybridized carbons (Fsp3) is 0.375. The summed E-state index contributed by atoms with van der Waals surface area (Å²) >= 11 is 0. The predicted molar refractivity (Wildman–Crippen MR) is 106 cm³/mol. The zero-order valence-electron chi connectivity index (χ0n) is 16.5. The third-order valence-electron chi connectivity index (χ3n) is 6.31. The van der Waals surface area contributed by atoms with Gasteiger partial charge in [0.05, 0.1) is 11.5 Å². The quantitative estimate of drug-likeness (QED) is 0.662. The third-order valence-corrected chi connectivity index (χ3v) is 6.31. The molecule has 0 spiro atoms. The van der Waals surface area contributed by atoms with Gasteiger partial charge in [0.25, 0.3) is 0 Å². The molecule has 0 aromatic heterocycles. The molecule has 28 heavy (non-hydrogen) atoms. The van der Waals surface area contributed by atoms with Gasteiger partial charge in [-0.3, -0.25) is 4.79 Å². The lowest BCUT2D eigenvalue weighted by Crippen LogP contribution is -2.43. The fourth-order valence-electron chi connectivity index (χ4n) is 4.34. The van der Waals surface area contributed by atoms with Crippen LogP contribution in [0.15, 0.2) is 54.6 Å². The molecule has 1 aliphatic heterocycles. The van der Waals surface area contributed by atoms with Crippen LogP contribution in [0.4, 0.5) is 8.78 Å². The number of amides is 1. The summed E-state index contributed by atoms with van der Waals surface area (Å²) in [6, 6.07) is 13.0. The molecule has 2 aromatic carbocycles. The van der Waals surface area contributed by atoms with Gasteiger partial charge in [0.1, 0.15) is 11.6 Å². The van der Waals surface area contributed by atoms with Crippen molar-refractivity contribution < 1.29 is 13.6 Å². The molecular formula is C24H25F2NO. The largest absolute Gasteiger partial charge is 0.327 e. The highest BCUT2D eigenvalue weighted by molar-refractivity contribution is 5.90. The molecule has 1 saturated carbocycles. The first-order valence-electron chi connectivity index (χ1n) is 9.75. The van der Waals surface area contributed by atoms with E-state index in [-0.39, 0.29) is 34.9 Å². The molecule has 0 radical (unpaired) electrons. The van der Waals surface area contributed by atoms with E-state index in [2.05, 4.69) is 20.8 Å². The van der Waals surface area contributed by atoms with Crippen molar-refractivity contribution in [3.8, 4) is 0 Å². The summed E-state index contributed by atoms with van der Waals surface area (Å²) in [5, 5.41) is 0. The molecule has 2 aromatic rings. The van der Waals surface area contributed by atoms with Crippen LogP contribution in [-0.2, 0) is 4.79 Å². The summed E-state index contributed by atoms with van der Waals surface area (Å²) in [6.45, 7) is 6.60. The Morgan fingerprint density at radius 1 is 1.07 bits per heavy atom. The van der Waals surface area contributed by atoms with Crippen molar-refractivity contribution in [3.63, 3.8) is 0 Å². The molecule has 0 saturated heterocycles. The number of hydrogen-bond donors (Lipinski definition) is 0. The molecule has 1 heterocycles. The van der Waals surface area contributed by atoms with E-state index in [1.807, 2.05) is 41.3 Å². The summed E-state index contributed by atoms with van der Waals surface area (Å²) in [7, 11) is 0. The summed E-state index contributed by atoms with van der Waals surface area (Å²) < 4.78 is 28.2. The zero-order chi connectivity index (χ0) is 20.1. The summed E-state index contributed by atoms with van der Waals surface area (Å²) in [5.74, 6) is -0.839. The molecule has 2 nitrogen and oxygen atoms in total. The average molecular weight is 381 g/mol. The van der Waals surface area contributed by atoms with Gasteiger partial charge in [-0.15, -0.1) is 0 Å². The number of carbonyl (C=O) groups excluding carboxylic acids is 1. The first-order valence-corrected chi connectivity index (χ1v) is 9.75. The van der Waals surface area contributed by atoms with Crippen LogP contribution < -0.4 is 0 Å². The first-order chi connectivity index (χ1) is 13.2. The molecule has 0 unspecified atom stereocenters. The zero-order valence-corrected chi connectivity index (χ0v) is 16.5.